The lowest BCUT2D eigenvalue weighted by atomic mass is 10.2. The predicted molar refractivity (Wildman–Crippen MR) is 73.4 cm³/mol. The minimum Gasteiger partial charge on any atom is -0.497 e. The van der Waals surface area contributed by atoms with Gasteiger partial charge in [-0.2, -0.15) is 0 Å². The molecule has 0 aromatic heterocycles. The molecular formula is C15H18O5. The van der Waals surface area contributed by atoms with E-state index in [-0.39, 0.29) is 0 Å². The fourth-order valence-electron chi connectivity index (χ4n) is 1.45. The number of carbonyl (C=O) groups is 2. The van der Waals surface area contributed by atoms with Crippen LogP contribution in [0.1, 0.15) is 12.0 Å². The van der Waals surface area contributed by atoms with Crippen LogP contribution in [0.4, 0.5) is 0 Å². The molecule has 1 unspecified atom stereocenters. The molecule has 108 valence electrons. The molecule has 1 atom stereocenters. The molecule has 0 bridgehead atoms. The second-order valence-corrected chi connectivity index (χ2v) is 3.99. The monoisotopic (exact) mass is 278 g/mol. The molecule has 0 saturated carbocycles. The average molecular weight is 278 g/mol. The Balaban J connectivity index is 2.42. The molecule has 1 aromatic rings. The summed E-state index contributed by atoms with van der Waals surface area (Å²) < 4.78 is 15.0. The molecule has 20 heavy (non-hydrogen) atoms. The van der Waals surface area contributed by atoms with Crippen molar-refractivity contribution in [3.05, 3.63) is 42.0 Å². The Kier molecular flexibility index (Phi) is 7.06. The first-order chi connectivity index (χ1) is 9.69. The summed E-state index contributed by atoms with van der Waals surface area (Å²) in [7, 11) is 2.89. The number of esters is 1. The summed E-state index contributed by atoms with van der Waals surface area (Å²) in [6.45, 7) is 0.319. The van der Waals surface area contributed by atoms with Gasteiger partial charge < -0.3 is 19.0 Å². The van der Waals surface area contributed by atoms with E-state index in [0.717, 1.165) is 11.3 Å². The van der Waals surface area contributed by atoms with Crippen LogP contribution in [0.2, 0.25) is 0 Å². The SMILES string of the molecule is COC(=O)C=CCC(C=O)OCc1ccc(OC)cc1. The van der Waals surface area contributed by atoms with Crippen LogP contribution in [0.15, 0.2) is 36.4 Å². The van der Waals surface area contributed by atoms with Crippen LogP contribution in [0.25, 0.3) is 0 Å². The zero-order valence-corrected chi connectivity index (χ0v) is 11.6. The van der Waals surface area contributed by atoms with Gasteiger partial charge in [0.05, 0.1) is 20.8 Å². The molecule has 5 heteroatoms. The summed E-state index contributed by atoms with van der Waals surface area (Å²) in [6, 6.07) is 7.38. The lowest BCUT2D eigenvalue weighted by Gasteiger charge is -2.10. The maximum Gasteiger partial charge on any atom is 0.330 e. The first-order valence-electron chi connectivity index (χ1n) is 6.14. The van der Waals surface area contributed by atoms with Gasteiger partial charge in [-0.25, -0.2) is 4.79 Å². The van der Waals surface area contributed by atoms with Gasteiger partial charge in [-0.3, -0.25) is 0 Å². The van der Waals surface area contributed by atoms with Gasteiger partial charge in [-0.15, -0.1) is 0 Å². The topological polar surface area (TPSA) is 61.8 Å². The Hall–Kier alpha value is -2.14. The molecule has 0 N–H and O–H groups in total. The van der Waals surface area contributed by atoms with E-state index in [1.807, 2.05) is 24.3 Å². The highest BCUT2D eigenvalue weighted by molar-refractivity contribution is 5.81. The Labute approximate surface area is 118 Å². The highest BCUT2D eigenvalue weighted by Gasteiger charge is 2.06. The van der Waals surface area contributed by atoms with Crippen molar-refractivity contribution in [3.8, 4) is 5.75 Å². The molecule has 0 radical (unpaired) electrons. The van der Waals surface area contributed by atoms with E-state index in [2.05, 4.69) is 4.74 Å². The Morgan fingerprint density at radius 1 is 1.25 bits per heavy atom. The Morgan fingerprint density at radius 2 is 1.95 bits per heavy atom. The van der Waals surface area contributed by atoms with Gasteiger partial charge in [0.2, 0.25) is 0 Å². The van der Waals surface area contributed by atoms with Crippen molar-refractivity contribution in [3.63, 3.8) is 0 Å². The normalized spacial score (nSPS) is 12.1. The zero-order chi connectivity index (χ0) is 14.8. The third kappa shape index (κ3) is 5.67. The van der Waals surface area contributed by atoms with Gasteiger partial charge in [-0.1, -0.05) is 18.2 Å². The van der Waals surface area contributed by atoms with Gasteiger partial charge >= 0.3 is 5.97 Å². The van der Waals surface area contributed by atoms with Crippen LogP contribution < -0.4 is 4.74 Å². The summed E-state index contributed by atoms with van der Waals surface area (Å²) in [5.74, 6) is 0.312. The summed E-state index contributed by atoms with van der Waals surface area (Å²) in [5.41, 5.74) is 0.939. The number of benzene rings is 1. The smallest absolute Gasteiger partial charge is 0.330 e. The number of rotatable bonds is 8. The highest BCUT2D eigenvalue weighted by Crippen LogP contribution is 2.12. The fraction of sp³-hybridized carbons (Fsp3) is 0.333. The first-order valence-corrected chi connectivity index (χ1v) is 6.14. The van der Waals surface area contributed by atoms with Crippen molar-refractivity contribution in [1.82, 2.24) is 0 Å². The number of ether oxygens (including phenoxy) is 3. The van der Waals surface area contributed by atoms with Crippen LogP contribution in [0.5, 0.6) is 5.75 Å². The standard InChI is InChI=1S/C15H18O5/c1-18-13-8-6-12(7-9-13)11-20-14(10-16)4-3-5-15(17)19-2/h3,5-10,14H,4,11H2,1-2H3. The van der Waals surface area contributed by atoms with Crippen molar-refractivity contribution in [2.45, 2.75) is 19.1 Å². The van der Waals surface area contributed by atoms with Crippen LogP contribution in [0.3, 0.4) is 0 Å². The second-order valence-electron chi connectivity index (χ2n) is 3.99. The molecule has 0 amide bonds. The third-order valence-electron chi connectivity index (χ3n) is 2.60. The molecule has 0 aliphatic rings. The molecule has 0 spiro atoms. The second kappa shape index (κ2) is 8.87. The van der Waals surface area contributed by atoms with Crippen molar-refractivity contribution in [2.24, 2.45) is 0 Å². The molecule has 5 nitrogen and oxygen atoms in total. The largest absolute Gasteiger partial charge is 0.497 e. The minimum absolute atomic E-state index is 0.319. The lowest BCUT2D eigenvalue weighted by molar-refractivity contribution is -0.134. The number of hydrogen-bond donors (Lipinski definition) is 0. The number of hydrogen-bond acceptors (Lipinski definition) is 5. The molecule has 0 fully saturated rings. The molecular weight excluding hydrogens is 260 g/mol. The van der Waals surface area contributed by atoms with Gasteiger partial charge in [0.25, 0.3) is 0 Å². The molecule has 0 saturated heterocycles. The highest BCUT2D eigenvalue weighted by atomic mass is 16.5. The predicted octanol–water partition coefficient (Wildman–Crippen LogP) is 1.90. The number of carbonyl (C=O) groups excluding carboxylic acids is 2. The summed E-state index contributed by atoms with van der Waals surface area (Å²) in [5, 5.41) is 0. The first kappa shape index (κ1) is 15.9. The van der Waals surface area contributed by atoms with Crippen LogP contribution >= 0.6 is 0 Å². The van der Waals surface area contributed by atoms with Gasteiger partial charge in [0.1, 0.15) is 18.1 Å². The van der Waals surface area contributed by atoms with Gasteiger partial charge in [0.15, 0.2) is 0 Å². The van der Waals surface area contributed by atoms with E-state index >= 15 is 0 Å². The van der Waals surface area contributed by atoms with E-state index < -0.39 is 12.1 Å². The third-order valence-corrected chi connectivity index (χ3v) is 2.60. The van der Waals surface area contributed by atoms with E-state index in [4.69, 9.17) is 9.47 Å². The summed E-state index contributed by atoms with van der Waals surface area (Å²) in [6.07, 6.45) is 3.28. The molecule has 0 heterocycles. The quantitative estimate of drug-likeness (QED) is 0.413. The maximum atomic E-state index is 10.9. The van der Waals surface area contributed by atoms with E-state index in [1.165, 1.54) is 13.2 Å². The Bertz CT molecular complexity index is 450. The van der Waals surface area contributed by atoms with Crippen molar-refractivity contribution >= 4 is 12.3 Å². The van der Waals surface area contributed by atoms with E-state index in [0.29, 0.717) is 19.3 Å². The average Bonchev–Trinajstić information content (AvgIpc) is 2.50. The zero-order valence-electron chi connectivity index (χ0n) is 11.6. The molecule has 0 aliphatic carbocycles. The fourth-order valence-corrected chi connectivity index (χ4v) is 1.45. The van der Waals surface area contributed by atoms with Gasteiger partial charge in [-0.05, 0) is 24.1 Å². The van der Waals surface area contributed by atoms with Crippen molar-refractivity contribution in [1.29, 1.82) is 0 Å². The lowest BCUT2D eigenvalue weighted by Crippen LogP contribution is -2.13. The Morgan fingerprint density at radius 3 is 2.50 bits per heavy atom. The van der Waals surface area contributed by atoms with E-state index in [9.17, 15) is 9.59 Å². The summed E-state index contributed by atoms with van der Waals surface area (Å²) in [4.78, 5) is 21.7. The van der Waals surface area contributed by atoms with Crippen LogP contribution in [-0.2, 0) is 25.7 Å². The summed E-state index contributed by atoms with van der Waals surface area (Å²) >= 11 is 0. The van der Waals surface area contributed by atoms with E-state index in [1.54, 1.807) is 13.2 Å². The molecule has 1 rings (SSSR count). The minimum atomic E-state index is -0.585. The molecule has 1 aromatic carbocycles. The number of methoxy groups -OCH3 is 2. The van der Waals surface area contributed by atoms with Crippen molar-refractivity contribution < 1.29 is 23.8 Å². The van der Waals surface area contributed by atoms with Gasteiger partial charge in [0, 0.05) is 6.08 Å². The van der Waals surface area contributed by atoms with Crippen LogP contribution in [0, 0.1) is 0 Å². The molecule has 0 aliphatic heterocycles. The van der Waals surface area contributed by atoms with Crippen molar-refractivity contribution in [2.75, 3.05) is 14.2 Å². The maximum absolute atomic E-state index is 10.9. The number of aldehydes is 1. The van der Waals surface area contributed by atoms with Crippen LogP contribution in [-0.4, -0.2) is 32.6 Å².